The van der Waals surface area contributed by atoms with Crippen LogP contribution in [0.4, 0.5) is 14.5 Å². The van der Waals surface area contributed by atoms with E-state index in [0.717, 1.165) is 10.9 Å². The molecule has 0 saturated carbocycles. The van der Waals surface area contributed by atoms with Gasteiger partial charge in [0, 0.05) is 30.6 Å². The van der Waals surface area contributed by atoms with E-state index in [9.17, 15) is 18.4 Å². The highest BCUT2D eigenvalue weighted by Gasteiger charge is 2.24. The molecule has 0 fully saturated rings. The first-order chi connectivity index (χ1) is 12.7. The zero-order chi connectivity index (χ0) is 20.1. The molecule has 0 unspecified atom stereocenters. The minimum Gasteiger partial charge on any atom is -0.383 e. The second kappa shape index (κ2) is 9.05. The fourth-order valence-corrected chi connectivity index (χ4v) is 3.25. The predicted octanol–water partition coefficient (Wildman–Crippen LogP) is 4.08. The number of carbonyl (C=O) groups excluding carboxylic acids is 2. The number of ether oxygens (including phenoxy) is 1. The first kappa shape index (κ1) is 21.0. The van der Waals surface area contributed by atoms with E-state index in [4.69, 9.17) is 4.74 Å². The van der Waals surface area contributed by atoms with Gasteiger partial charge >= 0.3 is 0 Å². The van der Waals surface area contributed by atoms with Crippen LogP contribution in [0.15, 0.2) is 24.3 Å². The first-order valence-corrected chi connectivity index (χ1v) is 9.23. The third-order valence-electron chi connectivity index (χ3n) is 3.92. The van der Waals surface area contributed by atoms with Crippen molar-refractivity contribution in [2.45, 2.75) is 26.8 Å². The number of methoxy groups -OCH3 is 1. The van der Waals surface area contributed by atoms with E-state index in [-0.39, 0.29) is 30.4 Å². The summed E-state index contributed by atoms with van der Waals surface area (Å²) < 4.78 is 33.4. The molecule has 1 heterocycles. The summed E-state index contributed by atoms with van der Waals surface area (Å²) in [5, 5.41) is 2.41. The van der Waals surface area contributed by atoms with Crippen molar-refractivity contribution in [2.24, 2.45) is 0 Å². The number of aryl methyl sites for hydroxylation is 1. The van der Waals surface area contributed by atoms with Crippen molar-refractivity contribution in [2.75, 3.05) is 25.6 Å². The number of hydrogen-bond donors (Lipinski definition) is 1. The monoisotopic (exact) mass is 396 g/mol. The van der Waals surface area contributed by atoms with Crippen molar-refractivity contribution in [1.82, 2.24) is 4.90 Å². The van der Waals surface area contributed by atoms with Gasteiger partial charge in [-0.25, -0.2) is 8.78 Å². The molecule has 27 heavy (non-hydrogen) atoms. The average molecular weight is 396 g/mol. The van der Waals surface area contributed by atoms with Crippen molar-refractivity contribution in [1.29, 1.82) is 0 Å². The Labute approximate surface area is 160 Å². The predicted molar refractivity (Wildman–Crippen MR) is 101 cm³/mol. The number of thiophene rings is 1. The lowest BCUT2D eigenvalue weighted by Crippen LogP contribution is -2.39. The van der Waals surface area contributed by atoms with Crippen LogP contribution in [-0.2, 0) is 4.74 Å². The molecule has 0 aliphatic carbocycles. The van der Waals surface area contributed by atoms with Crippen LogP contribution in [0.25, 0.3) is 0 Å². The molecular weight excluding hydrogens is 374 g/mol. The Kier molecular flexibility index (Phi) is 7.04. The smallest absolute Gasteiger partial charge is 0.265 e. The third-order valence-corrected chi connectivity index (χ3v) is 4.92. The fourth-order valence-electron chi connectivity index (χ4n) is 2.49. The highest BCUT2D eigenvalue weighted by atomic mass is 32.1. The molecule has 1 aromatic carbocycles. The van der Waals surface area contributed by atoms with Crippen LogP contribution in [-0.4, -0.2) is 43.0 Å². The quantitative estimate of drug-likeness (QED) is 0.767. The summed E-state index contributed by atoms with van der Waals surface area (Å²) in [4.78, 5) is 27.7. The lowest BCUT2D eigenvalue weighted by molar-refractivity contribution is 0.0630. The van der Waals surface area contributed by atoms with Crippen LogP contribution in [0.2, 0.25) is 0 Å². The van der Waals surface area contributed by atoms with Gasteiger partial charge in [0.15, 0.2) is 0 Å². The number of hydrogen-bond acceptors (Lipinski definition) is 4. The minimum atomic E-state index is -0.981. The van der Waals surface area contributed by atoms with Gasteiger partial charge in [0.25, 0.3) is 11.8 Å². The standard InChI is InChI=1S/C19H22F2N2O3S/c1-11(2)23(7-8-26-4)19(25)13-9-16(15(21)10-14(13)20)22-18(24)17-6-5-12(3)27-17/h5-6,9-11H,7-8H2,1-4H3,(H,22,24). The second-order valence-corrected chi connectivity index (χ2v) is 7.55. The van der Waals surface area contributed by atoms with E-state index in [0.29, 0.717) is 10.9 Å². The van der Waals surface area contributed by atoms with E-state index in [1.54, 1.807) is 26.0 Å². The molecule has 0 spiro atoms. The first-order valence-electron chi connectivity index (χ1n) is 8.41. The molecule has 5 nitrogen and oxygen atoms in total. The largest absolute Gasteiger partial charge is 0.383 e. The molecule has 2 amide bonds. The molecule has 2 rings (SSSR count). The number of anilines is 1. The Morgan fingerprint density at radius 1 is 1.22 bits per heavy atom. The topological polar surface area (TPSA) is 58.6 Å². The Balaban J connectivity index is 2.31. The molecule has 1 N–H and O–H groups in total. The Bertz CT molecular complexity index is 836. The number of nitrogens with zero attached hydrogens (tertiary/aromatic N) is 1. The third kappa shape index (κ3) is 5.11. The van der Waals surface area contributed by atoms with Crippen LogP contribution in [0.1, 0.15) is 38.8 Å². The van der Waals surface area contributed by atoms with Crippen LogP contribution >= 0.6 is 11.3 Å². The summed E-state index contributed by atoms with van der Waals surface area (Å²) in [6.45, 7) is 5.97. The SMILES string of the molecule is COCCN(C(=O)c1cc(NC(=O)c2ccc(C)s2)c(F)cc1F)C(C)C. The zero-order valence-electron chi connectivity index (χ0n) is 15.6. The van der Waals surface area contributed by atoms with Crippen molar-refractivity contribution >= 4 is 28.8 Å². The lowest BCUT2D eigenvalue weighted by atomic mass is 10.1. The Morgan fingerprint density at radius 3 is 2.48 bits per heavy atom. The number of nitrogens with one attached hydrogen (secondary N) is 1. The molecular formula is C19H22F2N2O3S. The van der Waals surface area contributed by atoms with Gasteiger partial charge in [0.2, 0.25) is 0 Å². The summed E-state index contributed by atoms with van der Waals surface area (Å²) >= 11 is 1.25. The molecule has 0 aliphatic rings. The molecule has 2 aromatic rings. The average Bonchev–Trinajstić information content (AvgIpc) is 3.03. The molecule has 0 aliphatic heterocycles. The van der Waals surface area contributed by atoms with E-state index in [2.05, 4.69) is 5.32 Å². The van der Waals surface area contributed by atoms with Crippen LogP contribution in [0, 0.1) is 18.6 Å². The summed E-state index contributed by atoms with van der Waals surface area (Å²) in [5.74, 6) is -3.04. The van der Waals surface area contributed by atoms with Gasteiger partial charge < -0.3 is 15.0 Å². The highest BCUT2D eigenvalue weighted by Crippen LogP contribution is 2.23. The van der Waals surface area contributed by atoms with Crippen molar-refractivity contribution in [3.05, 3.63) is 51.2 Å². The number of benzene rings is 1. The van der Waals surface area contributed by atoms with Gasteiger partial charge in [-0.1, -0.05) is 0 Å². The Hall–Kier alpha value is -2.32. The van der Waals surface area contributed by atoms with Crippen LogP contribution < -0.4 is 5.32 Å². The summed E-state index contributed by atoms with van der Waals surface area (Å²) in [6.07, 6.45) is 0. The maximum atomic E-state index is 14.3. The molecule has 1 aromatic heterocycles. The molecule has 8 heteroatoms. The number of halogens is 2. The van der Waals surface area contributed by atoms with Crippen LogP contribution in [0.3, 0.4) is 0 Å². The lowest BCUT2D eigenvalue weighted by Gasteiger charge is -2.27. The van der Waals surface area contributed by atoms with Crippen molar-refractivity contribution in [3.8, 4) is 0 Å². The molecule has 146 valence electrons. The van der Waals surface area contributed by atoms with Gasteiger partial charge in [0.1, 0.15) is 11.6 Å². The van der Waals surface area contributed by atoms with E-state index < -0.39 is 23.4 Å². The highest BCUT2D eigenvalue weighted by molar-refractivity contribution is 7.14. The number of amides is 2. The maximum absolute atomic E-state index is 14.3. The van der Waals surface area contributed by atoms with Gasteiger partial charge in [-0.05, 0) is 39.0 Å². The van der Waals surface area contributed by atoms with E-state index in [1.807, 2.05) is 6.92 Å². The summed E-state index contributed by atoms with van der Waals surface area (Å²) in [5.41, 5.74) is -0.551. The van der Waals surface area contributed by atoms with Crippen molar-refractivity contribution in [3.63, 3.8) is 0 Å². The maximum Gasteiger partial charge on any atom is 0.265 e. The number of rotatable bonds is 7. The zero-order valence-corrected chi connectivity index (χ0v) is 16.5. The second-order valence-electron chi connectivity index (χ2n) is 6.26. The summed E-state index contributed by atoms with van der Waals surface area (Å²) in [6, 6.07) is 4.83. The van der Waals surface area contributed by atoms with Gasteiger partial charge in [-0.2, -0.15) is 0 Å². The van der Waals surface area contributed by atoms with Gasteiger partial charge in [-0.15, -0.1) is 11.3 Å². The number of carbonyl (C=O) groups is 2. The molecule has 0 bridgehead atoms. The molecule has 0 saturated heterocycles. The summed E-state index contributed by atoms with van der Waals surface area (Å²) in [7, 11) is 1.50. The van der Waals surface area contributed by atoms with Gasteiger partial charge in [0.05, 0.1) is 22.7 Å². The van der Waals surface area contributed by atoms with Crippen molar-refractivity contribution < 1.29 is 23.1 Å². The molecule has 0 radical (unpaired) electrons. The fraction of sp³-hybridized carbons (Fsp3) is 0.368. The molecule has 0 atom stereocenters. The van der Waals surface area contributed by atoms with Crippen LogP contribution in [0.5, 0.6) is 0 Å². The minimum absolute atomic E-state index is 0.204. The normalized spacial score (nSPS) is 10.9. The Morgan fingerprint density at radius 2 is 1.93 bits per heavy atom. The van der Waals surface area contributed by atoms with Gasteiger partial charge in [-0.3, -0.25) is 9.59 Å². The van der Waals surface area contributed by atoms with E-state index >= 15 is 0 Å². The van der Waals surface area contributed by atoms with E-state index in [1.165, 1.54) is 23.3 Å².